The zero-order valence-electron chi connectivity index (χ0n) is 6.73. The van der Waals surface area contributed by atoms with Crippen LogP contribution in [0.4, 0.5) is 5.82 Å². The van der Waals surface area contributed by atoms with E-state index >= 15 is 0 Å². The van der Waals surface area contributed by atoms with Gasteiger partial charge in [-0.25, -0.2) is 0 Å². The predicted molar refractivity (Wildman–Crippen MR) is 42.7 cm³/mol. The molecule has 12 heavy (non-hydrogen) atoms. The molecule has 1 rings (SSSR count). The minimum Gasteiger partial charge on any atom is -0.358 e. The van der Waals surface area contributed by atoms with E-state index in [9.17, 15) is 10.1 Å². The highest BCUT2D eigenvalue weighted by molar-refractivity contribution is 5.20. The van der Waals surface area contributed by atoms with Crippen LogP contribution in [0.25, 0.3) is 0 Å². The molecule has 0 bridgehead atoms. The maximum Gasteiger partial charge on any atom is 0.390 e. The third-order valence-corrected chi connectivity index (χ3v) is 1.50. The van der Waals surface area contributed by atoms with Gasteiger partial charge >= 0.3 is 5.82 Å². The summed E-state index contributed by atoms with van der Waals surface area (Å²) >= 11 is 0. The molecule has 2 N–H and O–H groups in total. The molecule has 6 nitrogen and oxygen atoms in total. The van der Waals surface area contributed by atoms with E-state index in [-0.39, 0.29) is 5.82 Å². The van der Waals surface area contributed by atoms with Gasteiger partial charge in [-0.2, -0.15) is 4.68 Å². The Morgan fingerprint density at radius 3 is 2.92 bits per heavy atom. The minimum atomic E-state index is -0.514. The van der Waals surface area contributed by atoms with E-state index in [4.69, 9.17) is 5.73 Å². The number of rotatable bonds is 3. The maximum atomic E-state index is 10.3. The Morgan fingerprint density at radius 2 is 2.50 bits per heavy atom. The Balaban J connectivity index is 2.92. The molecule has 0 aromatic carbocycles. The number of hydrogen-bond donors (Lipinski definition) is 1. The lowest BCUT2D eigenvalue weighted by molar-refractivity contribution is -0.389. The number of hydrogen-bond acceptors (Lipinski definition) is 4. The third-order valence-electron chi connectivity index (χ3n) is 1.50. The van der Waals surface area contributed by atoms with Gasteiger partial charge in [0.15, 0.2) is 0 Å². The summed E-state index contributed by atoms with van der Waals surface area (Å²) in [5.41, 5.74) is 6.04. The number of nitrogens with two attached hydrogens (primary N) is 1. The fraction of sp³-hybridized carbons (Fsp3) is 0.500. The van der Waals surface area contributed by atoms with Gasteiger partial charge in [0, 0.05) is 6.54 Å². The van der Waals surface area contributed by atoms with E-state index in [0.29, 0.717) is 13.1 Å². The van der Waals surface area contributed by atoms with Crippen LogP contribution in [-0.2, 0) is 6.54 Å². The van der Waals surface area contributed by atoms with Gasteiger partial charge in [-0.05, 0) is 11.8 Å². The van der Waals surface area contributed by atoms with Crippen molar-refractivity contribution in [1.29, 1.82) is 0 Å². The highest BCUT2D eigenvalue weighted by Gasteiger charge is 2.13. The molecule has 0 aliphatic heterocycles. The summed E-state index contributed by atoms with van der Waals surface area (Å²) in [6, 6.07) is 1.43. The Labute approximate surface area is 69.1 Å². The molecule has 0 saturated heterocycles. The number of aromatic nitrogens is 2. The second kappa shape index (κ2) is 3.31. The highest BCUT2D eigenvalue weighted by Crippen LogP contribution is 2.09. The van der Waals surface area contributed by atoms with Crippen molar-refractivity contribution in [2.45, 2.75) is 13.5 Å². The van der Waals surface area contributed by atoms with E-state index in [0.717, 1.165) is 5.69 Å². The molecule has 0 aliphatic rings. The van der Waals surface area contributed by atoms with E-state index in [1.165, 1.54) is 10.7 Å². The van der Waals surface area contributed by atoms with Crippen molar-refractivity contribution < 1.29 is 4.92 Å². The van der Waals surface area contributed by atoms with Gasteiger partial charge in [-0.1, -0.05) is 0 Å². The first-order valence-electron chi connectivity index (χ1n) is 3.54. The predicted octanol–water partition coefficient (Wildman–Crippen LogP) is 0.0584. The molecule has 0 atom stereocenters. The molecule has 1 aromatic rings. The van der Waals surface area contributed by atoms with Crippen molar-refractivity contribution in [1.82, 2.24) is 9.78 Å². The standard InChI is InChI=1S/C6H10N4O2/c1-5-4-6(10(11)12)8-9(5)3-2-7/h4H,2-3,7H2,1H3. The summed E-state index contributed by atoms with van der Waals surface area (Å²) in [6.07, 6.45) is 0. The zero-order chi connectivity index (χ0) is 9.14. The van der Waals surface area contributed by atoms with Crippen LogP contribution >= 0.6 is 0 Å². The van der Waals surface area contributed by atoms with Crippen LogP contribution < -0.4 is 5.73 Å². The summed E-state index contributed by atoms with van der Waals surface area (Å²) in [4.78, 5) is 9.76. The smallest absolute Gasteiger partial charge is 0.358 e. The molecular weight excluding hydrogens is 160 g/mol. The molecule has 66 valence electrons. The lowest BCUT2D eigenvalue weighted by Crippen LogP contribution is -2.12. The third kappa shape index (κ3) is 1.59. The van der Waals surface area contributed by atoms with Crippen molar-refractivity contribution in [2.24, 2.45) is 5.73 Å². The van der Waals surface area contributed by atoms with Gasteiger partial charge < -0.3 is 15.8 Å². The first-order valence-corrected chi connectivity index (χ1v) is 3.54. The van der Waals surface area contributed by atoms with Gasteiger partial charge in [0.1, 0.15) is 0 Å². The molecule has 0 amide bonds. The molecule has 1 heterocycles. The Bertz CT molecular complexity index is 294. The lowest BCUT2D eigenvalue weighted by Gasteiger charge is -1.92. The monoisotopic (exact) mass is 170 g/mol. The zero-order valence-corrected chi connectivity index (χ0v) is 6.73. The van der Waals surface area contributed by atoms with Crippen molar-refractivity contribution >= 4 is 5.82 Å². The van der Waals surface area contributed by atoms with Crippen LogP contribution in [0, 0.1) is 17.0 Å². The average molecular weight is 170 g/mol. The topological polar surface area (TPSA) is 87.0 Å². The van der Waals surface area contributed by atoms with Crippen LogP contribution in [0.3, 0.4) is 0 Å². The highest BCUT2D eigenvalue weighted by atomic mass is 16.6. The second-order valence-electron chi connectivity index (χ2n) is 2.41. The molecule has 6 heteroatoms. The van der Waals surface area contributed by atoms with Gasteiger partial charge in [0.05, 0.1) is 23.4 Å². The largest absolute Gasteiger partial charge is 0.390 e. The van der Waals surface area contributed by atoms with E-state index in [1.807, 2.05) is 0 Å². The molecular formula is C6H10N4O2. The lowest BCUT2D eigenvalue weighted by atomic mass is 10.4. The quantitative estimate of drug-likeness (QED) is 0.513. The van der Waals surface area contributed by atoms with Crippen molar-refractivity contribution in [3.8, 4) is 0 Å². The SMILES string of the molecule is Cc1cc([N+](=O)[O-])nn1CCN. The minimum absolute atomic E-state index is 0.124. The second-order valence-corrected chi connectivity index (χ2v) is 2.41. The molecule has 0 saturated carbocycles. The first kappa shape index (κ1) is 8.66. The average Bonchev–Trinajstić information content (AvgIpc) is 2.34. The Morgan fingerprint density at radius 1 is 1.83 bits per heavy atom. The van der Waals surface area contributed by atoms with Crippen LogP contribution in [-0.4, -0.2) is 21.2 Å². The van der Waals surface area contributed by atoms with Crippen molar-refractivity contribution in [3.05, 3.63) is 21.9 Å². The van der Waals surface area contributed by atoms with Crippen LogP contribution in [0.1, 0.15) is 5.69 Å². The van der Waals surface area contributed by atoms with E-state index in [2.05, 4.69) is 5.10 Å². The fourth-order valence-corrected chi connectivity index (χ4v) is 0.931. The van der Waals surface area contributed by atoms with Crippen molar-refractivity contribution in [3.63, 3.8) is 0 Å². The Kier molecular flexibility index (Phi) is 2.39. The van der Waals surface area contributed by atoms with Gasteiger partial charge in [0.2, 0.25) is 0 Å². The Hall–Kier alpha value is -1.43. The van der Waals surface area contributed by atoms with Crippen LogP contribution in [0.5, 0.6) is 0 Å². The molecule has 0 spiro atoms. The maximum absolute atomic E-state index is 10.3. The summed E-state index contributed by atoms with van der Waals surface area (Å²) in [7, 11) is 0. The van der Waals surface area contributed by atoms with Crippen LogP contribution in [0.2, 0.25) is 0 Å². The van der Waals surface area contributed by atoms with Crippen molar-refractivity contribution in [2.75, 3.05) is 6.54 Å². The van der Waals surface area contributed by atoms with Gasteiger partial charge in [-0.3, -0.25) is 0 Å². The van der Waals surface area contributed by atoms with E-state index in [1.54, 1.807) is 6.92 Å². The normalized spacial score (nSPS) is 10.2. The number of nitro groups is 1. The van der Waals surface area contributed by atoms with Gasteiger partial charge in [0.25, 0.3) is 0 Å². The molecule has 0 fully saturated rings. The van der Waals surface area contributed by atoms with Crippen LogP contribution in [0.15, 0.2) is 6.07 Å². The summed E-state index contributed by atoms with van der Waals surface area (Å²) < 4.78 is 1.53. The fourth-order valence-electron chi connectivity index (χ4n) is 0.931. The van der Waals surface area contributed by atoms with E-state index < -0.39 is 4.92 Å². The number of nitrogens with zero attached hydrogens (tertiary/aromatic N) is 3. The summed E-state index contributed by atoms with van der Waals surface area (Å²) in [5.74, 6) is -0.124. The number of aryl methyl sites for hydroxylation is 1. The molecule has 1 aromatic heterocycles. The first-order chi connectivity index (χ1) is 5.65. The molecule has 0 radical (unpaired) electrons. The van der Waals surface area contributed by atoms with Gasteiger partial charge in [-0.15, -0.1) is 0 Å². The molecule has 0 aliphatic carbocycles. The summed E-state index contributed by atoms with van der Waals surface area (Å²) in [5, 5.41) is 14.0. The molecule has 0 unspecified atom stereocenters. The summed E-state index contributed by atoms with van der Waals surface area (Å²) in [6.45, 7) is 2.70.